The number of nitrogens with zero attached hydrogens (tertiary/aromatic N) is 1. The summed E-state index contributed by atoms with van der Waals surface area (Å²) in [6.45, 7) is 5.52. The second kappa shape index (κ2) is 6.74. The minimum Gasteiger partial charge on any atom is -0.478 e. The first-order valence-corrected chi connectivity index (χ1v) is 8.52. The summed E-state index contributed by atoms with van der Waals surface area (Å²) < 4.78 is 23.8. The molecule has 0 spiro atoms. The predicted molar refractivity (Wildman–Crippen MR) is 79.3 cm³/mol. The van der Waals surface area contributed by atoms with Crippen molar-refractivity contribution in [3.63, 3.8) is 0 Å². The molecule has 0 radical (unpaired) electrons. The number of benzene rings is 1. The van der Waals surface area contributed by atoms with Crippen molar-refractivity contribution in [2.75, 3.05) is 24.2 Å². The monoisotopic (exact) mass is 299 g/mol. The van der Waals surface area contributed by atoms with Crippen LogP contribution in [0.3, 0.4) is 0 Å². The van der Waals surface area contributed by atoms with E-state index in [4.69, 9.17) is 5.11 Å². The molecule has 1 aromatic carbocycles. The van der Waals surface area contributed by atoms with E-state index in [1.165, 1.54) is 12.1 Å². The van der Waals surface area contributed by atoms with Gasteiger partial charge in [0, 0.05) is 19.3 Å². The number of rotatable bonds is 7. The second-order valence-electron chi connectivity index (χ2n) is 4.75. The van der Waals surface area contributed by atoms with E-state index >= 15 is 0 Å². The molecule has 0 amide bonds. The van der Waals surface area contributed by atoms with Gasteiger partial charge < -0.3 is 10.0 Å². The molecule has 0 saturated heterocycles. The molecule has 0 aromatic heterocycles. The fraction of sp³-hybridized carbons (Fsp3) is 0.500. The van der Waals surface area contributed by atoms with E-state index in [9.17, 15) is 13.2 Å². The molecular weight excluding hydrogens is 278 g/mol. The number of carboxylic acid groups (broad SMARTS) is 1. The Kier molecular flexibility index (Phi) is 5.56. The van der Waals surface area contributed by atoms with Gasteiger partial charge in [0.25, 0.3) is 0 Å². The molecule has 0 aliphatic rings. The van der Waals surface area contributed by atoms with Gasteiger partial charge in [0.15, 0.2) is 9.84 Å². The molecule has 0 bridgehead atoms. The van der Waals surface area contributed by atoms with E-state index in [1.54, 1.807) is 6.07 Å². The molecule has 20 heavy (non-hydrogen) atoms. The predicted octanol–water partition coefficient (Wildman–Crippen LogP) is 2.41. The third-order valence-corrected chi connectivity index (χ3v) is 4.06. The summed E-state index contributed by atoms with van der Waals surface area (Å²) in [7, 11) is -3.48. The van der Waals surface area contributed by atoms with Crippen molar-refractivity contribution in [2.45, 2.75) is 31.6 Å². The molecule has 0 heterocycles. The van der Waals surface area contributed by atoms with Crippen molar-refractivity contribution in [1.82, 2.24) is 0 Å². The van der Waals surface area contributed by atoms with Gasteiger partial charge in [-0.1, -0.05) is 13.8 Å². The third-order valence-electron chi connectivity index (χ3n) is 2.93. The maximum absolute atomic E-state index is 11.9. The number of anilines is 1. The first-order valence-electron chi connectivity index (χ1n) is 6.63. The molecule has 0 unspecified atom stereocenters. The van der Waals surface area contributed by atoms with Gasteiger partial charge >= 0.3 is 5.97 Å². The average Bonchev–Trinajstić information content (AvgIpc) is 2.36. The van der Waals surface area contributed by atoms with Crippen molar-refractivity contribution in [1.29, 1.82) is 0 Å². The van der Waals surface area contributed by atoms with Crippen molar-refractivity contribution in [3.8, 4) is 0 Å². The summed E-state index contributed by atoms with van der Waals surface area (Å²) in [6.07, 6.45) is 2.89. The summed E-state index contributed by atoms with van der Waals surface area (Å²) in [4.78, 5) is 13.1. The molecule has 6 heteroatoms. The van der Waals surface area contributed by atoms with E-state index in [-0.39, 0.29) is 10.5 Å². The molecule has 0 aliphatic heterocycles. The van der Waals surface area contributed by atoms with E-state index < -0.39 is 15.8 Å². The van der Waals surface area contributed by atoms with E-state index in [0.717, 1.165) is 32.2 Å². The van der Waals surface area contributed by atoms with Crippen molar-refractivity contribution < 1.29 is 18.3 Å². The highest BCUT2D eigenvalue weighted by Gasteiger charge is 2.19. The van der Waals surface area contributed by atoms with Crippen LogP contribution in [0, 0.1) is 0 Å². The number of carboxylic acids is 1. The maximum Gasteiger partial charge on any atom is 0.335 e. The van der Waals surface area contributed by atoms with Crippen LogP contribution in [0.5, 0.6) is 0 Å². The van der Waals surface area contributed by atoms with Gasteiger partial charge in [-0.2, -0.15) is 0 Å². The van der Waals surface area contributed by atoms with Crippen LogP contribution in [0.25, 0.3) is 0 Å². The smallest absolute Gasteiger partial charge is 0.335 e. The second-order valence-corrected chi connectivity index (χ2v) is 6.73. The van der Waals surface area contributed by atoms with Gasteiger partial charge in [0.05, 0.1) is 16.1 Å². The quantitative estimate of drug-likeness (QED) is 0.837. The minimum absolute atomic E-state index is 0.0119. The molecule has 0 aliphatic carbocycles. The summed E-state index contributed by atoms with van der Waals surface area (Å²) in [5, 5.41) is 9.00. The Morgan fingerprint density at radius 3 is 2.15 bits per heavy atom. The topological polar surface area (TPSA) is 74.7 Å². The molecule has 5 nitrogen and oxygen atoms in total. The largest absolute Gasteiger partial charge is 0.478 e. The number of hydrogen-bond acceptors (Lipinski definition) is 4. The third kappa shape index (κ3) is 3.96. The summed E-state index contributed by atoms with van der Waals surface area (Å²) >= 11 is 0. The van der Waals surface area contributed by atoms with Gasteiger partial charge in [-0.25, -0.2) is 13.2 Å². The fourth-order valence-corrected chi connectivity index (χ4v) is 3.02. The van der Waals surface area contributed by atoms with Gasteiger partial charge in [0.1, 0.15) is 0 Å². The van der Waals surface area contributed by atoms with Crippen LogP contribution in [0.1, 0.15) is 37.0 Å². The maximum atomic E-state index is 11.9. The van der Waals surface area contributed by atoms with Gasteiger partial charge in [-0.3, -0.25) is 0 Å². The Hall–Kier alpha value is -1.56. The lowest BCUT2D eigenvalue weighted by atomic mass is 10.2. The fourth-order valence-electron chi connectivity index (χ4n) is 2.10. The van der Waals surface area contributed by atoms with Crippen LogP contribution in [0.15, 0.2) is 23.1 Å². The van der Waals surface area contributed by atoms with Gasteiger partial charge in [-0.15, -0.1) is 0 Å². The van der Waals surface area contributed by atoms with Crippen molar-refractivity contribution in [2.24, 2.45) is 0 Å². The molecule has 1 rings (SSSR count). The average molecular weight is 299 g/mol. The van der Waals surface area contributed by atoms with E-state index in [0.29, 0.717) is 5.69 Å². The molecule has 0 fully saturated rings. The highest BCUT2D eigenvalue weighted by atomic mass is 32.2. The summed E-state index contributed by atoms with van der Waals surface area (Å²) in [5.74, 6) is -1.13. The van der Waals surface area contributed by atoms with Crippen LogP contribution in [-0.2, 0) is 9.84 Å². The summed E-state index contributed by atoms with van der Waals surface area (Å²) in [6, 6.07) is 4.28. The van der Waals surface area contributed by atoms with Crippen LogP contribution in [0.2, 0.25) is 0 Å². The minimum atomic E-state index is -3.48. The van der Waals surface area contributed by atoms with Crippen LogP contribution < -0.4 is 4.90 Å². The van der Waals surface area contributed by atoms with Gasteiger partial charge in [0.2, 0.25) is 0 Å². The van der Waals surface area contributed by atoms with Gasteiger partial charge in [-0.05, 0) is 31.0 Å². The Morgan fingerprint density at radius 2 is 1.75 bits per heavy atom. The van der Waals surface area contributed by atoms with Crippen LogP contribution >= 0.6 is 0 Å². The SMILES string of the molecule is CCCN(CCC)c1ccc(C(=O)O)cc1S(C)(=O)=O. The van der Waals surface area contributed by atoms with Crippen LogP contribution in [-0.4, -0.2) is 38.8 Å². The van der Waals surface area contributed by atoms with Crippen LogP contribution in [0.4, 0.5) is 5.69 Å². The number of sulfone groups is 1. The summed E-state index contributed by atoms with van der Waals surface area (Å²) in [5.41, 5.74) is 0.573. The number of carbonyl (C=O) groups is 1. The lowest BCUT2D eigenvalue weighted by Crippen LogP contribution is -2.26. The van der Waals surface area contributed by atoms with E-state index in [2.05, 4.69) is 0 Å². The zero-order valence-electron chi connectivity index (χ0n) is 12.1. The number of aromatic carboxylic acids is 1. The molecular formula is C14H21NO4S. The zero-order chi connectivity index (χ0) is 15.3. The molecule has 1 N–H and O–H groups in total. The Morgan fingerprint density at radius 1 is 1.20 bits per heavy atom. The first-order chi connectivity index (χ1) is 9.31. The lowest BCUT2D eigenvalue weighted by Gasteiger charge is -2.26. The highest BCUT2D eigenvalue weighted by molar-refractivity contribution is 7.90. The lowest BCUT2D eigenvalue weighted by molar-refractivity contribution is 0.0696. The molecule has 1 aromatic rings. The Balaban J connectivity index is 3.40. The number of hydrogen-bond donors (Lipinski definition) is 1. The zero-order valence-corrected chi connectivity index (χ0v) is 12.9. The first kappa shape index (κ1) is 16.5. The van der Waals surface area contributed by atoms with Crippen molar-refractivity contribution in [3.05, 3.63) is 23.8 Å². The molecule has 0 atom stereocenters. The standard InChI is InChI=1S/C14H21NO4S/c1-4-8-15(9-5-2)12-7-6-11(14(16)17)10-13(12)20(3,18)19/h6-7,10H,4-5,8-9H2,1-3H3,(H,16,17). The molecule has 112 valence electrons. The Labute approximate surface area is 120 Å². The van der Waals surface area contributed by atoms with E-state index in [1.807, 2.05) is 18.7 Å². The highest BCUT2D eigenvalue weighted by Crippen LogP contribution is 2.27. The normalized spacial score (nSPS) is 11.3. The Bertz CT molecular complexity index is 575. The molecule has 0 saturated carbocycles. The van der Waals surface area contributed by atoms with Crippen molar-refractivity contribution >= 4 is 21.5 Å².